The molecule has 1 unspecified atom stereocenters. The maximum atomic E-state index is 11.8. The van der Waals surface area contributed by atoms with Crippen molar-refractivity contribution < 1.29 is 19.4 Å². The number of hydrogen-bond donors (Lipinski definition) is 2. The first-order valence-electron chi connectivity index (χ1n) is 11.9. The second-order valence-electron chi connectivity index (χ2n) is 11.0. The van der Waals surface area contributed by atoms with Crippen LogP contribution in [-0.4, -0.2) is 29.5 Å². The Bertz CT molecular complexity index is 716. The summed E-state index contributed by atoms with van der Waals surface area (Å²) in [5, 5.41) is 20.9. The Labute approximate surface area is 175 Å². The predicted octanol–water partition coefficient (Wildman–Crippen LogP) is 4.89. The maximum Gasteiger partial charge on any atom is 0.0983 e. The first-order valence-corrected chi connectivity index (χ1v) is 11.9. The summed E-state index contributed by atoms with van der Waals surface area (Å²) in [5.74, 6) is 2.89. The van der Waals surface area contributed by atoms with Crippen LogP contribution in [0.4, 0.5) is 0 Å². The molecule has 0 bridgehead atoms. The van der Waals surface area contributed by atoms with E-state index < -0.39 is 5.60 Å². The number of aliphatic hydroxyl groups excluding tert-OH is 1. The summed E-state index contributed by atoms with van der Waals surface area (Å²) in [7, 11) is 0. The van der Waals surface area contributed by atoms with Gasteiger partial charge in [-0.05, 0) is 92.9 Å². The fourth-order valence-corrected chi connectivity index (χ4v) is 8.58. The van der Waals surface area contributed by atoms with Crippen LogP contribution in [0.2, 0.25) is 0 Å². The summed E-state index contributed by atoms with van der Waals surface area (Å²) in [6, 6.07) is 1.98. The van der Waals surface area contributed by atoms with Gasteiger partial charge in [0.2, 0.25) is 0 Å². The molecule has 162 valence electrons. The van der Waals surface area contributed by atoms with Crippen LogP contribution in [-0.2, 0) is 10.3 Å². The van der Waals surface area contributed by atoms with Crippen LogP contribution < -0.4 is 0 Å². The molecule has 4 saturated carbocycles. The average molecular weight is 403 g/mol. The van der Waals surface area contributed by atoms with Crippen LogP contribution in [0, 0.1) is 34.5 Å². The van der Waals surface area contributed by atoms with Crippen molar-refractivity contribution in [1.29, 1.82) is 0 Å². The van der Waals surface area contributed by atoms with E-state index in [2.05, 4.69) is 13.8 Å². The molecule has 2 N–H and O–H groups in total. The van der Waals surface area contributed by atoms with E-state index in [1.165, 1.54) is 32.1 Å². The van der Waals surface area contributed by atoms with Gasteiger partial charge in [0.15, 0.2) is 0 Å². The first kappa shape index (κ1) is 20.1. The fraction of sp³-hybridized carbons (Fsp3) is 0.840. The Morgan fingerprint density at radius 3 is 2.66 bits per heavy atom. The maximum absolute atomic E-state index is 11.8. The second kappa shape index (κ2) is 7.10. The van der Waals surface area contributed by atoms with E-state index >= 15 is 0 Å². The highest BCUT2D eigenvalue weighted by Crippen LogP contribution is 2.70. The van der Waals surface area contributed by atoms with Crippen molar-refractivity contribution in [3.05, 3.63) is 24.2 Å². The van der Waals surface area contributed by atoms with E-state index in [-0.39, 0.29) is 12.0 Å². The third-order valence-electron chi connectivity index (χ3n) is 10.2. The lowest BCUT2D eigenvalue weighted by atomic mass is 9.44. The van der Waals surface area contributed by atoms with E-state index in [0.717, 1.165) is 49.0 Å². The number of aliphatic hydroxyl groups is 2. The van der Waals surface area contributed by atoms with Crippen molar-refractivity contribution in [2.24, 2.45) is 34.5 Å². The standard InChI is InChI=1S/C25H38O4/c1-23-9-5-19(29-14-12-26)15-17(23)3-4-20-21(23)6-10-24(2)22(20)7-11-25(24,27)18-8-13-28-16-18/h8,13,16-17,19-22,26-27H,3-7,9-12,14-15H2,1-2H3/t17?,19-,20+,21-,22-,23-,24-,25+/m0/s1. The van der Waals surface area contributed by atoms with Crippen molar-refractivity contribution in [2.75, 3.05) is 13.2 Å². The molecular formula is C25H38O4. The third-order valence-corrected chi connectivity index (χ3v) is 10.2. The molecule has 1 heterocycles. The quantitative estimate of drug-likeness (QED) is 0.753. The SMILES string of the molecule is C[C@]12CC[C@H](OCCO)CC1CC[C@@H]1[C@@H]2CC[C@@]2(C)[C@H]1CC[C@@]2(O)c1ccoc1. The first-order chi connectivity index (χ1) is 13.9. The molecule has 29 heavy (non-hydrogen) atoms. The van der Waals surface area contributed by atoms with Gasteiger partial charge in [0.1, 0.15) is 0 Å². The Balaban J connectivity index is 1.37. The van der Waals surface area contributed by atoms with Crippen LogP contribution in [0.25, 0.3) is 0 Å². The average Bonchev–Trinajstić information content (AvgIpc) is 3.34. The van der Waals surface area contributed by atoms with Gasteiger partial charge in [-0.3, -0.25) is 0 Å². The van der Waals surface area contributed by atoms with Gasteiger partial charge < -0.3 is 19.4 Å². The number of furan rings is 1. The van der Waals surface area contributed by atoms with Gasteiger partial charge >= 0.3 is 0 Å². The Hall–Kier alpha value is -0.840. The molecule has 4 aliphatic carbocycles. The van der Waals surface area contributed by atoms with Gasteiger partial charge in [-0.2, -0.15) is 0 Å². The number of fused-ring (bicyclic) bond motifs is 5. The van der Waals surface area contributed by atoms with Crippen LogP contribution >= 0.6 is 0 Å². The van der Waals surface area contributed by atoms with E-state index in [0.29, 0.717) is 24.0 Å². The molecule has 0 radical (unpaired) electrons. The van der Waals surface area contributed by atoms with Crippen LogP contribution in [0.1, 0.15) is 77.2 Å². The lowest BCUT2D eigenvalue weighted by molar-refractivity contribution is -0.165. The largest absolute Gasteiger partial charge is 0.472 e. The van der Waals surface area contributed by atoms with Gasteiger partial charge in [0, 0.05) is 11.0 Å². The van der Waals surface area contributed by atoms with Gasteiger partial charge in [0.25, 0.3) is 0 Å². The molecule has 5 rings (SSSR count). The van der Waals surface area contributed by atoms with E-state index in [9.17, 15) is 5.11 Å². The molecule has 4 aliphatic rings. The zero-order chi connectivity index (χ0) is 20.3. The van der Waals surface area contributed by atoms with Gasteiger partial charge in [-0.25, -0.2) is 0 Å². The molecule has 0 saturated heterocycles. The fourth-order valence-electron chi connectivity index (χ4n) is 8.58. The summed E-state index contributed by atoms with van der Waals surface area (Å²) in [5.41, 5.74) is 0.633. The monoisotopic (exact) mass is 402 g/mol. The Morgan fingerprint density at radius 1 is 1.07 bits per heavy atom. The molecule has 1 aromatic rings. The van der Waals surface area contributed by atoms with Gasteiger partial charge in [-0.15, -0.1) is 0 Å². The minimum Gasteiger partial charge on any atom is -0.472 e. The van der Waals surface area contributed by atoms with Crippen molar-refractivity contribution in [3.8, 4) is 0 Å². The molecule has 0 aromatic carbocycles. The molecule has 4 fully saturated rings. The smallest absolute Gasteiger partial charge is 0.0983 e. The molecule has 0 amide bonds. The highest BCUT2D eigenvalue weighted by molar-refractivity contribution is 5.26. The zero-order valence-electron chi connectivity index (χ0n) is 18.1. The zero-order valence-corrected chi connectivity index (χ0v) is 18.1. The lowest BCUT2D eigenvalue weighted by Crippen LogP contribution is -2.56. The lowest BCUT2D eigenvalue weighted by Gasteiger charge is -2.61. The molecule has 4 nitrogen and oxygen atoms in total. The minimum absolute atomic E-state index is 0.0390. The summed E-state index contributed by atoms with van der Waals surface area (Å²) in [6.45, 7) is 5.54. The molecule has 4 heteroatoms. The second-order valence-corrected chi connectivity index (χ2v) is 11.0. The number of hydrogen-bond acceptors (Lipinski definition) is 4. The number of ether oxygens (including phenoxy) is 1. The number of rotatable bonds is 4. The molecule has 0 aliphatic heterocycles. The van der Waals surface area contributed by atoms with Crippen molar-refractivity contribution in [2.45, 2.75) is 83.3 Å². The van der Waals surface area contributed by atoms with E-state index in [1.54, 1.807) is 12.5 Å². The van der Waals surface area contributed by atoms with Crippen molar-refractivity contribution in [1.82, 2.24) is 0 Å². The minimum atomic E-state index is -0.733. The topological polar surface area (TPSA) is 62.8 Å². The summed E-state index contributed by atoms with van der Waals surface area (Å²) in [4.78, 5) is 0. The van der Waals surface area contributed by atoms with Crippen molar-refractivity contribution >= 4 is 0 Å². The highest BCUT2D eigenvalue weighted by atomic mass is 16.5. The van der Waals surface area contributed by atoms with Crippen molar-refractivity contribution in [3.63, 3.8) is 0 Å². The van der Waals surface area contributed by atoms with Crippen LogP contribution in [0.5, 0.6) is 0 Å². The summed E-state index contributed by atoms with van der Waals surface area (Å²) >= 11 is 0. The van der Waals surface area contributed by atoms with Crippen LogP contribution in [0.3, 0.4) is 0 Å². The third kappa shape index (κ3) is 2.81. The Morgan fingerprint density at radius 2 is 1.90 bits per heavy atom. The van der Waals surface area contributed by atoms with E-state index in [1.807, 2.05) is 6.07 Å². The normalized spacial score (nSPS) is 49.3. The Kier molecular flexibility index (Phi) is 4.92. The van der Waals surface area contributed by atoms with Gasteiger partial charge in [0.05, 0.1) is 37.4 Å². The van der Waals surface area contributed by atoms with E-state index in [4.69, 9.17) is 14.3 Å². The predicted molar refractivity (Wildman–Crippen MR) is 111 cm³/mol. The summed E-state index contributed by atoms with van der Waals surface area (Å²) < 4.78 is 11.3. The summed E-state index contributed by atoms with van der Waals surface area (Å²) in [6.07, 6.45) is 14.3. The van der Waals surface area contributed by atoms with Gasteiger partial charge in [-0.1, -0.05) is 13.8 Å². The van der Waals surface area contributed by atoms with Crippen LogP contribution in [0.15, 0.2) is 23.0 Å². The highest BCUT2D eigenvalue weighted by Gasteiger charge is 2.65. The molecule has 0 spiro atoms. The molecule has 8 atom stereocenters. The molecular weight excluding hydrogens is 364 g/mol. The molecule has 1 aromatic heterocycles.